The quantitative estimate of drug-likeness (QED) is 0.730. The van der Waals surface area contributed by atoms with Crippen LogP contribution >= 0.6 is 0 Å². The average molecular weight is 195 g/mol. The van der Waals surface area contributed by atoms with Crippen LogP contribution in [0.2, 0.25) is 0 Å². The Kier molecular flexibility index (Phi) is 3.59. The van der Waals surface area contributed by atoms with Gasteiger partial charge in [-0.05, 0) is 18.6 Å². The summed E-state index contributed by atoms with van der Waals surface area (Å²) in [5.74, 6) is -0.445. The molecule has 0 aliphatic heterocycles. The van der Waals surface area contributed by atoms with Crippen molar-refractivity contribution >= 4 is 5.97 Å². The number of aromatic nitrogens is 1. The first kappa shape index (κ1) is 10.7. The van der Waals surface area contributed by atoms with E-state index in [9.17, 15) is 9.90 Å². The number of hydrogen-bond acceptors (Lipinski definition) is 4. The third kappa shape index (κ3) is 2.81. The van der Waals surface area contributed by atoms with Crippen LogP contribution in [-0.4, -0.2) is 23.2 Å². The second-order valence-corrected chi connectivity index (χ2v) is 3.06. The summed E-state index contributed by atoms with van der Waals surface area (Å²) in [5, 5.41) is 9.55. The molecule has 0 aliphatic carbocycles. The number of aliphatic hydroxyl groups is 1. The van der Waals surface area contributed by atoms with Crippen LogP contribution in [0, 0.1) is 6.92 Å². The topological polar surface area (TPSA) is 59.4 Å². The molecule has 0 amide bonds. The lowest BCUT2D eigenvalue weighted by atomic mass is 10.1. The monoisotopic (exact) mass is 195 g/mol. The smallest absolute Gasteiger partial charge is 0.308 e. The van der Waals surface area contributed by atoms with Gasteiger partial charge in [0.25, 0.3) is 0 Å². The Morgan fingerprint density at radius 1 is 1.64 bits per heavy atom. The Bertz CT molecular complexity index is 308. The summed E-state index contributed by atoms with van der Waals surface area (Å²) in [7, 11) is 1.29. The minimum Gasteiger partial charge on any atom is -0.469 e. The van der Waals surface area contributed by atoms with E-state index in [2.05, 4.69) is 9.72 Å². The van der Waals surface area contributed by atoms with Crippen molar-refractivity contribution in [2.45, 2.75) is 19.4 Å². The van der Waals surface area contributed by atoms with Gasteiger partial charge in [0.15, 0.2) is 0 Å². The van der Waals surface area contributed by atoms with Crippen molar-refractivity contribution < 1.29 is 14.6 Å². The predicted molar refractivity (Wildman–Crippen MR) is 50.6 cm³/mol. The number of carbonyl (C=O) groups excluding carboxylic acids is 1. The van der Waals surface area contributed by atoms with Crippen molar-refractivity contribution in [3.63, 3.8) is 0 Å². The van der Waals surface area contributed by atoms with Gasteiger partial charge in [-0.1, -0.05) is 6.07 Å². The summed E-state index contributed by atoms with van der Waals surface area (Å²) in [6.07, 6.45) is 0.700. The average Bonchev–Trinajstić information content (AvgIpc) is 2.18. The number of pyridine rings is 1. The molecule has 4 nitrogen and oxygen atoms in total. The SMILES string of the molecule is COC(=O)C[C@H](O)c1ccc(C)cn1. The number of ether oxygens (including phenoxy) is 1. The molecule has 1 aromatic heterocycles. The fraction of sp³-hybridized carbons (Fsp3) is 0.400. The molecule has 1 heterocycles. The molecule has 0 aromatic carbocycles. The number of carbonyl (C=O) groups is 1. The van der Waals surface area contributed by atoms with Crippen LogP contribution in [0.1, 0.15) is 23.8 Å². The van der Waals surface area contributed by atoms with Crippen LogP contribution in [0.15, 0.2) is 18.3 Å². The number of aryl methyl sites for hydroxylation is 1. The van der Waals surface area contributed by atoms with Gasteiger partial charge in [-0.2, -0.15) is 0 Å². The predicted octanol–water partition coefficient (Wildman–Crippen LogP) is 0.987. The van der Waals surface area contributed by atoms with E-state index < -0.39 is 12.1 Å². The van der Waals surface area contributed by atoms with Crippen LogP contribution in [-0.2, 0) is 9.53 Å². The maximum absolute atomic E-state index is 10.9. The molecule has 1 rings (SSSR count). The Morgan fingerprint density at radius 3 is 2.86 bits per heavy atom. The number of esters is 1. The van der Waals surface area contributed by atoms with E-state index in [0.717, 1.165) is 5.56 Å². The molecule has 0 saturated heterocycles. The third-order valence-corrected chi connectivity index (χ3v) is 1.86. The minimum atomic E-state index is -0.886. The highest BCUT2D eigenvalue weighted by atomic mass is 16.5. The van der Waals surface area contributed by atoms with Gasteiger partial charge in [-0.3, -0.25) is 9.78 Å². The van der Waals surface area contributed by atoms with Crippen molar-refractivity contribution in [1.29, 1.82) is 0 Å². The van der Waals surface area contributed by atoms with E-state index in [1.165, 1.54) is 7.11 Å². The zero-order valence-electron chi connectivity index (χ0n) is 8.23. The van der Waals surface area contributed by atoms with Gasteiger partial charge in [-0.15, -0.1) is 0 Å². The molecule has 1 atom stereocenters. The van der Waals surface area contributed by atoms with E-state index in [4.69, 9.17) is 0 Å². The highest BCUT2D eigenvalue weighted by Crippen LogP contribution is 2.14. The van der Waals surface area contributed by atoms with Crippen molar-refractivity contribution in [3.05, 3.63) is 29.6 Å². The molecule has 0 spiro atoms. The van der Waals surface area contributed by atoms with Gasteiger partial charge >= 0.3 is 5.97 Å². The Balaban J connectivity index is 2.65. The zero-order valence-corrected chi connectivity index (χ0v) is 8.23. The van der Waals surface area contributed by atoms with Crippen molar-refractivity contribution in [2.75, 3.05) is 7.11 Å². The maximum Gasteiger partial charge on any atom is 0.308 e. The van der Waals surface area contributed by atoms with Crippen LogP contribution in [0.25, 0.3) is 0 Å². The summed E-state index contributed by atoms with van der Waals surface area (Å²) >= 11 is 0. The minimum absolute atomic E-state index is 0.0629. The van der Waals surface area contributed by atoms with E-state index in [1.54, 1.807) is 12.3 Å². The fourth-order valence-electron chi connectivity index (χ4n) is 1.02. The summed E-state index contributed by atoms with van der Waals surface area (Å²) in [6, 6.07) is 3.53. The van der Waals surface area contributed by atoms with E-state index in [0.29, 0.717) is 5.69 Å². The summed E-state index contributed by atoms with van der Waals surface area (Å²) in [6.45, 7) is 1.91. The molecule has 4 heteroatoms. The summed E-state index contributed by atoms with van der Waals surface area (Å²) in [5.41, 5.74) is 1.50. The molecule has 1 N–H and O–H groups in total. The van der Waals surface area contributed by atoms with Crippen LogP contribution in [0.3, 0.4) is 0 Å². The van der Waals surface area contributed by atoms with E-state index in [-0.39, 0.29) is 6.42 Å². The first-order valence-electron chi connectivity index (χ1n) is 4.31. The largest absolute Gasteiger partial charge is 0.469 e. The van der Waals surface area contributed by atoms with E-state index in [1.807, 2.05) is 13.0 Å². The lowest BCUT2D eigenvalue weighted by Crippen LogP contribution is -2.09. The summed E-state index contributed by atoms with van der Waals surface area (Å²) in [4.78, 5) is 14.9. The molecule has 0 bridgehead atoms. The molecular weight excluding hydrogens is 182 g/mol. The Hall–Kier alpha value is -1.42. The Morgan fingerprint density at radius 2 is 2.36 bits per heavy atom. The first-order valence-corrected chi connectivity index (χ1v) is 4.31. The van der Waals surface area contributed by atoms with E-state index >= 15 is 0 Å². The van der Waals surface area contributed by atoms with Crippen molar-refractivity contribution in [3.8, 4) is 0 Å². The number of methoxy groups -OCH3 is 1. The second kappa shape index (κ2) is 4.72. The van der Waals surface area contributed by atoms with Crippen LogP contribution in [0.4, 0.5) is 0 Å². The van der Waals surface area contributed by atoms with Crippen LogP contribution in [0.5, 0.6) is 0 Å². The molecule has 14 heavy (non-hydrogen) atoms. The first-order chi connectivity index (χ1) is 6.63. The van der Waals surface area contributed by atoms with Gasteiger partial charge in [0.1, 0.15) is 6.10 Å². The van der Waals surface area contributed by atoms with Gasteiger partial charge in [0, 0.05) is 6.20 Å². The highest BCUT2D eigenvalue weighted by molar-refractivity contribution is 5.69. The number of aliphatic hydroxyl groups excluding tert-OH is 1. The number of nitrogens with zero attached hydrogens (tertiary/aromatic N) is 1. The van der Waals surface area contributed by atoms with Gasteiger partial charge in [0.05, 0.1) is 19.2 Å². The molecular formula is C10H13NO3. The number of rotatable bonds is 3. The highest BCUT2D eigenvalue weighted by Gasteiger charge is 2.13. The van der Waals surface area contributed by atoms with Crippen molar-refractivity contribution in [2.24, 2.45) is 0 Å². The summed E-state index contributed by atoms with van der Waals surface area (Å²) < 4.78 is 4.44. The molecule has 0 unspecified atom stereocenters. The standard InChI is InChI=1S/C10H13NO3/c1-7-3-4-8(11-6-7)9(12)5-10(13)14-2/h3-4,6,9,12H,5H2,1-2H3/t9-/m0/s1. The van der Waals surface area contributed by atoms with Gasteiger partial charge in [-0.25, -0.2) is 0 Å². The van der Waals surface area contributed by atoms with Gasteiger partial charge in [0.2, 0.25) is 0 Å². The fourth-order valence-corrected chi connectivity index (χ4v) is 1.02. The van der Waals surface area contributed by atoms with Gasteiger partial charge < -0.3 is 9.84 Å². The molecule has 0 saturated carbocycles. The molecule has 0 aliphatic rings. The normalized spacial score (nSPS) is 12.2. The molecule has 76 valence electrons. The third-order valence-electron chi connectivity index (χ3n) is 1.86. The second-order valence-electron chi connectivity index (χ2n) is 3.06. The van der Waals surface area contributed by atoms with Crippen molar-refractivity contribution in [1.82, 2.24) is 4.98 Å². The molecule has 0 radical (unpaired) electrons. The lowest BCUT2D eigenvalue weighted by molar-refractivity contribution is -0.142. The molecule has 1 aromatic rings. The Labute approximate surface area is 82.5 Å². The lowest BCUT2D eigenvalue weighted by Gasteiger charge is -2.08. The molecule has 0 fully saturated rings. The maximum atomic E-state index is 10.9. The zero-order chi connectivity index (χ0) is 10.6. The number of hydrogen-bond donors (Lipinski definition) is 1. The van der Waals surface area contributed by atoms with Crippen LogP contribution < -0.4 is 0 Å².